The molecule has 0 amide bonds. The van der Waals surface area contributed by atoms with Gasteiger partial charge in [0.2, 0.25) is 0 Å². The van der Waals surface area contributed by atoms with Gasteiger partial charge in [0.05, 0.1) is 0 Å². The highest BCUT2D eigenvalue weighted by molar-refractivity contribution is 5.42. The van der Waals surface area contributed by atoms with Crippen molar-refractivity contribution in [2.24, 2.45) is 14.1 Å². The number of aromatic nitrogens is 4. The fourth-order valence-corrected chi connectivity index (χ4v) is 1.77. The standard InChI is InChI=1S/C7H11N3O2.C7H10N2O2/c1-4-5(2)10(3)7(11)8-6(4)9-12;1-4-5(2)9(3)7(11)8-6(4)10/h12H,1-3H3,(H,8,9,11);1-3H3,(H,8,10,11). The minimum absolute atomic E-state index is 0.218. The fraction of sp³-hybridized carbons (Fsp3) is 0.429. The maximum Gasteiger partial charge on any atom is 0.349 e. The summed E-state index contributed by atoms with van der Waals surface area (Å²) in [6.07, 6.45) is 0. The highest BCUT2D eigenvalue weighted by Gasteiger charge is 2.06. The van der Waals surface area contributed by atoms with Crippen LogP contribution >= 0.6 is 0 Å². The molecular formula is C14H21N5O4. The first-order chi connectivity index (χ1) is 10.6. The van der Waals surface area contributed by atoms with Crippen LogP contribution in [0.25, 0.3) is 0 Å². The van der Waals surface area contributed by atoms with Crippen LogP contribution < -0.4 is 22.4 Å². The molecule has 2 aromatic rings. The third kappa shape index (κ3) is 3.75. The quantitative estimate of drug-likeness (QED) is 0.629. The van der Waals surface area contributed by atoms with Crippen molar-refractivity contribution in [3.63, 3.8) is 0 Å². The van der Waals surface area contributed by atoms with E-state index in [0.717, 1.165) is 11.3 Å². The van der Waals surface area contributed by atoms with Crippen molar-refractivity contribution in [3.05, 3.63) is 53.8 Å². The first-order valence-electron chi connectivity index (χ1n) is 6.82. The predicted molar refractivity (Wildman–Crippen MR) is 86.1 cm³/mol. The lowest BCUT2D eigenvalue weighted by Crippen LogP contribution is -2.31. The van der Waals surface area contributed by atoms with Gasteiger partial charge in [-0.05, 0) is 27.7 Å². The SMILES string of the molecule is Cc1c(C)n(C)c(=O)[nH]c1=O.Cc1c(NO)nc(=O)n(C)c1C. The van der Waals surface area contributed by atoms with Crippen LogP contribution in [-0.4, -0.2) is 24.3 Å². The molecule has 0 fully saturated rings. The Morgan fingerprint density at radius 3 is 2.00 bits per heavy atom. The van der Waals surface area contributed by atoms with Gasteiger partial charge < -0.3 is 4.57 Å². The number of nitrogens with one attached hydrogen (secondary N) is 2. The zero-order valence-corrected chi connectivity index (χ0v) is 14.0. The number of hydrogen-bond donors (Lipinski definition) is 3. The molecule has 0 aliphatic rings. The monoisotopic (exact) mass is 323 g/mol. The summed E-state index contributed by atoms with van der Waals surface area (Å²) < 4.78 is 2.84. The maximum atomic E-state index is 11.1. The third-order valence-electron chi connectivity index (χ3n) is 3.91. The van der Waals surface area contributed by atoms with Crippen molar-refractivity contribution in [1.29, 1.82) is 0 Å². The molecule has 9 heteroatoms. The molecule has 2 heterocycles. The maximum absolute atomic E-state index is 11.1. The fourth-order valence-electron chi connectivity index (χ4n) is 1.77. The minimum Gasteiger partial charge on any atom is -0.301 e. The Bertz CT molecular complexity index is 858. The van der Waals surface area contributed by atoms with E-state index in [9.17, 15) is 14.4 Å². The summed E-state index contributed by atoms with van der Waals surface area (Å²) in [6, 6.07) is 0. The number of anilines is 1. The van der Waals surface area contributed by atoms with Crippen LogP contribution in [0, 0.1) is 27.7 Å². The molecule has 126 valence electrons. The molecule has 0 bridgehead atoms. The van der Waals surface area contributed by atoms with E-state index < -0.39 is 0 Å². The summed E-state index contributed by atoms with van der Waals surface area (Å²) in [5.74, 6) is 0.218. The highest BCUT2D eigenvalue weighted by Crippen LogP contribution is 2.10. The van der Waals surface area contributed by atoms with E-state index in [1.54, 1.807) is 41.8 Å². The predicted octanol–water partition coefficient (Wildman–Crippen LogP) is -0.111. The Morgan fingerprint density at radius 2 is 1.48 bits per heavy atom. The van der Waals surface area contributed by atoms with E-state index in [0.29, 0.717) is 11.3 Å². The van der Waals surface area contributed by atoms with Crippen LogP contribution in [0.1, 0.15) is 22.5 Å². The van der Waals surface area contributed by atoms with Gasteiger partial charge in [-0.1, -0.05) is 0 Å². The molecule has 0 unspecified atom stereocenters. The van der Waals surface area contributed by atoms with E-state index in [-0.39, 0.29) is 22.8 Å². The van der Waals surface area contributed by atoms with Gasteiger partial charge in [-0.2, -0.15) is 4.98 Å². The van der Waals surface area contributed by atoms with Crippen LogP contribution in [0.3, 0.4) is 0 Å². The van der Waals surface area contributed by atoms with Gasteiger partial charge in [0, 0.05) is 36.6 Å². The average molecular weight is 323 g/mol. The molecule has 0 atom stereocenters. The Kier molecular flexibility index (Phi) is 5.63. The summed E-state index contributed by atoms with van der Waals surface area (Å²) in [5.41, 5.74) is 3.68. The van der Waals surface area contributed by atoms with Gasteiger partial charge >= 0.3 is 11.4 Å². The van der Waals surface area contributed by atoms with Crippen molar-refractivity contribution in [3.8, 4) is 0 Å². The molecule has 0 aliphatic heterocycles. The van der Waals surface area contributed by atoms with Gasteiger partial charge in [0.15, 0.2) is 5.82 Å². The number of H-pyrrole nitrogens is 1. The summed E-state index contributed by atoms with van der Waals surface area (Å²) >= 11 is 0. The summed E-state index contributed by atoms with van der Waals surface area (Å²) in [4.78, 5) is 38.7. The normalized spacial score (nSPS) is 10.0. The van der Waals surface area contributed by atoms with Gasteiger partial charge in [0.1, 0.15) is 0 Å². The van der Waals surface area contributed by atoms with Crippen LogP contribution in [0.2, 0.25) is 0 Å². The molecule has 0 aliphatic carbocycles. The van der Waals surface area contributed by atoms with Crippen LogP contribution in [0.4, 0.5) is 5.82 Å². The van der Waals surface area contributed by atoms with Gasteiger partial charge in [-0.25, -0.2) is 9.59 Å². The molecule has 9 nitrogen and oxygen atoms in total. The molecule has 0 saturated carbocycles. The number of nitrogens with zero attached hydrogens (tertiary/aromatic N) is 3. The molecule has 0 saturated heterocycles. The first kappa shape index (κ1) is 18.4. The number of rotatable bonds is 1. The second-order valence-electron chi connectivity index (χ2n) is 5.15. The number of aromatic amines is 1. The lowest BCUT2D eigenvalue weighted by atomic mass is 10.2. The zero-order valence-electron chi connectivity index (χ0n) is 14.0. The lowest BCUT2D eigenvalue weighted by Gasteiger charge is -2.08. The molecule has 0 radical (unpaired) electrons. The second kappa shape index (κ2) is 7.05. The highest BCUT2D eigenvalue weighted by atomic mass is 16.5. The Morgan fingerprint density at radius 1 is 0.957 bits per heavy atom. The molecule has 0 aromatic carbocycles. The third-order valence-corrected chi connectivity index (χ3v) is 3.91. The molecule has 23 heavy (non-hydrogen) atoms. The van der Waals surface area contributed by atoms with Crippen molar-refractivity contribution in [2.75, 3.05) is 5.48 Å². The topological polar surface area (TPSA) is 122 Å². The molecule has 0 spiro atoms. The molecule has 2 aromatic heterocycles. The van der Waals surface area contributed by atoms with Crippen molar-refractivity contribution >= 4 is 5.82 Å². The van der Waals surface area contributed by atoms with Crippen LogP contribution in [-0.2, 0) is 14.1 Å². The Balaban J connectivity index is 0.000000231. The Labute approximate surface area is 132 Å². The summed E-state index contributed by atoms with van der Waals surface area (Å²) in [5, 5.41) is 8.60. The molecule has 2 rings (SSSR count). The van der Waals surface area contributed by atoms with Crippen molar-refractivity contribution < 1.29 is 5.21 Å². The van der Waals surface area contributed by atoms with E-state index in [4.69, 9.17) is 5.21 Å². The average Bonchev–Trinajstić information content (AvgIpc) is 2.53. The largest absolute Gasteiger partial charge is 0.349 e. The second-order valence-corrected chi connectivity index (χ2v) is 5.15. The summed E-state index contributed by atoms with van der Waals surface area (Å²) in [6.45, 7) is 7.00. The molecular weight excluding hydrogens is 302 g/mol. The van der Waals surface area contributed by atoms with E-state index in [1.807, 2.05) is 5.48 Å². The van der Waals surface area contributed by atoms with Gasteiger partial charge in [-0.15, -0.1) is 0 Å². The Hall–Kier alpha value is -2.68. The summed E-state index contributed by atoms with van der Waals surface area (Å²) in [7, 11) is 3.26. The van der Waals surface area contributed by atoms with E-state index in [1.165, 1.54) is 9.13 Å². The minimum atomic E-state index is -0.380. The smallest absolute Gasteiger partial charge is 0.301 e. The van der Waals surface area contributed by atoms with Crippen molar-refractivity contribution in [2.45, 2.75) is 27.7 Å². The van der Waals surface area contributed by atoms with Crippen LogP contribution in [0.5, 0.6) is 0 Å². The van der Waals surface area contributed by atoms with Crippen LogP contribution in [0.15, 0.2) is 14.4 Å². The molecule has 3 N–H and O–H groups in total. The van der Waals surface area contributed by atoms with Gasteiger partial charge in [-0.3, -0.25) is 25.0 Å². The zero-order chi connectivity index (χ0) is 17.9. The lowest BCUT2D eigenvalue weighted by molar-refractivity contribution is 0.384. The van der Waals surface area contributed by atoms with Crippen molar-refractivity contribution in [1.82, 2.24) is 19.1 Å². The van der Waals surface area contributed by atoms with E-state index >= 15 is 0 Å². The van der Waals surface area contributed by atoms with E-state index in [2.05, 4.69) is 9.97 Å². The first-order valence-corrected chi connectivity index (χ1v) is 6.82. The van der Waals surface area contributed by atoms with Gasteiger partial charge in [0.25, 0.3) is 5.56 Å². The number of hydrogen-bond acceptors (Lipinski definition) is 6.